The number of carbonyl (C=O) groups is 1. The second kappa shape index (κ2) is 11.4. The molecule has 0 radical (unpaired) electrons. The number of ether oxygens (including phenoxy) is 1. The number of carbonyl (C=O) groups excluding carboxylic acids is 1. The van der Waals surface area contributed by atoms with E-state index in [4.69, 9.17) is 21.4 Å². The number of aromatic hydroxyl groups is 1. The fourth-order valence-electron chi connectivity index (χ4n) is 4.13. The summed E-state index contributed by atoms with van der Waals surface area (Å²) in [6.45, 7) is 4.24. The van der Waals surface area contributed by atoms with Crippen molar-refractivity contribution in [3.8, 4) is 23.0 Å². The van der Waals surface area contributed by atoms with Crippen LogP contribution in [0.25, 0.3) is 22.6 Å². The standard InChI is InChI=1S/C31H27N3O4S/c1-3-20-12-13-27-26(15-20)33-30(38-27)25-17-23(14-19(2)28(25)35)32-31(39)34-29(36)22-10-7-11-24(16-22)37-18-21-8-5-4-6-9-21/h4-17,35H,3,18H2,1-2H3,(H2,32,34,36,39). The van der Waals surface area contributed by atoms with Crippen LogP contribution in [0.15, 0.2) is 89.3 Å². The Hall–Kier alpha value is -4.69. The molecule has 0 fully saturated rings. The number of hydrogen-bond donors (Lipinski definition) is 3. The number of aryl methyl sites for hydroxylation is 2. The number of fused-ring (bicyclic) bond motifs is 1. The Bertz CT molecular complexity index is 1660. The van der Waals surface area contributed by atoms with E-state index in [0.29, 0.717) is 46.2 Å². The quantitative estimate of drug-likeness (QED) is 0.156. The second-order valence-corrected chi connectivity index (χ2v) is 9.48. The maximum atomic E-state index is 12.9. The molecule has 0 saturated heterocycles. The molecule has 5 aromatic rings. The molecule has 0 aliphatic carbocycles. The molecule has 0 unspecified atom stereocenters. The van der Waals surface area contributed by atoms with Gasteiger partial charge in [0.15, 0.2) is 10.7 Å². The lowest BCUT2D eigenvalue weighted by Crippen LogP contribution is -2.34. The number of nitrogens with one attached hydrogen (secondary N) is 2. The van der Waals surface area contributed by atoms with E-state index in [1.807, 2.05) is 48.5 Å². The van der Waals surface area contributed by atoms with Crippen LogP contribution in [0.3, 0.4) is 0 Å². The molecule has 1 amide bonds. The number of thiocarbonyl (C=S) groups is 1. The smallest absolute Gasteiger partial charge is 0.257 e. The number of benzene rings is 4. The van der Waals surface area contributed by atoms with Gasteiger partial charge in [0, 0.05) is 11.3 Å². The predicted molar refractivity (Wildman–Crippen MR) is 156 cm³/mol. The summed E-state index contributed by atoms with van der Waals surface area (Å²) in [5, 5.41) is 16.6. The minimum atomic E-state index is -0.376. The Kier molecular flexibility index (Phi) is 7.56. The van der Waals surface area contributed by atoms with Crippen LogP contribution in [0, 0.1) is 6.92 Å². The molecule has 0 aliphatic rings. The predicted octanol–water partition coefficient (Wildman–Crippen LogP) is 6.78. The van der Waals surface area contributed by atoms with Crippen LogP contribution in [0.2, 0.25) is 0 Å². The van der Waals surface area contributed by atoms with Crippen LogP contribution >= 0.6 is 12.2 Å². The summed E-state index contributed by atoms with van der Waals surface area (Å²) < 4.78 is 11.7. The third-order valence-corrected chi connectivity index (χ3v) is 6.42. The molecule has 39 heavy (non-hydrogen) atoms. The monoisotopic (exact) mass is 537 g/mol. The molecule has 0 aliphatic heterocycles. The van der Waals surface area contributed by atoms with E-state index in [1.54, 1.807) is 43.3 Å². The number of phenols is 1. The highest BCUT2D eigenvalue weighted by Crippen LogP contribution is 2.36. The summed E-state index contributed by atoms with van der Waals surface area (Å²) in [7, 11) is 0. The minimum Gasteiger partial charge on any atom is -0.507 e. The van der Waals surface area contributed by atoms with E-state index in [9.17, 15) is 9.90 Å². The lowest BCUT2D eigenvalue weighted by atomic mass is 10.1. The van der Waals surface area contributed by atoms with Gasteiger partial charge in [-0.25, -0.2) is 4.98 Å². The largest absolute Gasteiger partial charge is 0.507 e. The third kappa shape index (κ3) is 6.08. The van der Waals surface area contributed by atoms with Crippen molar-refractivity contribution in [1.29, 1.82) is 0 Å². The van der Waals surface area contributed by atoms with Gasteiger partial charge < -0.3 is 19.6 Å². The normalized spacial score (nSPS) is 10.8. The number of nitrogens with zero attached hydrogens (tertiary/aromatic N) is 1. The molecule has 7 nitrogen and oxygen atoms in total. The van der Waals surface area contributed by atoms with Crippen LogP contribution in [-0.4, -0.2) is 21.1 Å². The van der Waals surface area contributed by atoms with Gasteiger partial charge in [0.05, 0.1) is 5.56 Å². The molecule has 1 heterocycles. The second-order valence-electron chi connectivity index (χ2n) is 9.07. The molecular formula is C31H27N3O4S. The van der Waals surface area contributed by atoms with Crippen molar-refractivity contribution < 1.29 is 19.1 Å². The molecule has 5 rings (SSSR count). The number of phenolic OH excluding ortho intramolecular Hbond substituents is 1. The van der Waals surface area contributed by atoms with E-state index in [0.717, 1.165) is 23.1 Å². The van der Waals surface area contributed by atoms with Crippen molar-refractivity contribution in [2.24, 2.45) is 0 Å². The Morgan fingerprint density at radius 1 is 1.00 bits per heavy atom. The zero-order valence-corrected chi connectivity index (χ0v) is 22.3. The van der Waals surface area contributed by atoms with Crippen molar-refractivity contribution in [2.45, 2.75) is 26.9 Å². The van der Waals surface area contributed by atoms with Gasteiger partial charge >= 0.3 is 0 Å². The first-order valence-electron chi connectivity index (χ1n) is 12.5. The Morgan fingerprint density at radius 3 is 2.62 bits per heavy atom. The minimum absolute atomic E-state index is 0.0603. The molecular weight excluding hydrogens is 510 g/mol. The van der Waals surface area contributed by atoms with Crippen molar-refractivity contribution in [1.82, 2.24) is 10.3 Å². The summed E-state index contributed by atoms with van der Waals surface area (Å²) in [5.41, 5.74) is 5.53. The van der Waals surface area contributed by atoms with Gasteiger partial charge in [0.2, 0.25) is 5.89 Å². The molecule has 0 atom stereocenters. The summed E-state index contributed by atoms with van der Waals surface area (Å²) in [6.07, 6.45) is 0.885. The van der Waals surface area contributed by atoms with E-state index >= 15 is 0 Å². The van der Waals surface area contributed by atoms with Gasteiger partial charge in [0.25, 0.3) is 5.91 Å². The van der Waals surface area contributed by atoms with Crippen molar-refractivity contribution >= 4 is 40.0 Å². The Balaban J connectivity index is 1.28. The van der Waals surface area contributed by atoms with Crippen LogP contribution in [0.5, 0.6) is 11.5 Å². The summed E-state index contributed by atoms with van der Waals surface area (Å²) >= 11 is 5.40. The van der Waals surface area contributed by atoms with E-state index in [2.05, 4.69) is 22.5 Å². The van der Waals surface area contributed by atoms with Gasteiger partial charge in [-0.2, -0.15) is 0 Å². The maximum absolute atomic E-state index is 12.9. The number of rotatable bonds is 7. The highest BCUT2D eigenvalue weighted by atomic mass is 32.1. The zero-order chi connectivity index (χ0) is 27.4. The van der Waals surface area contributed by atoms with Crippen molar-refractivity contribution in [3.05, 3.63) is 107 Å². The molecule has 0 spiro atoms. The summed E-state index contributed by atoms with van der Waals surface area (Å²) in [6, 6.07) is 26.0. The fourth-order valence-corrected chi connectivity index (χ4v) is 4.34. The summed E-state index contributed by atoms with van der Waals surface area (Å²) in [4.78, 5) is 17.4. The average Bonchev–Trinajstić information content (AvgIpc) is 3.37. The number of oxazole rings is 1. The van der Waals surface area contributed by atoms with Gasteiger partial charge in [-0.3, -0.25) is 10.1 Å². The van der Waals surface area contributed by atoms with Crippen LogP contribution in [0.1, 0.15) is 34.0 Å². The molecule has 0 bridgehead atoms. The van der Waals surface area contributed by atoms with Gasteiger partial charge in [-0.05, 0) is 84.7 Å². The lowest BCUT2D eigenvalue weighted by molar-refractivity contribution is 0.0977. The molecule has 8 heteroatoms. The van der Waals surface area contributed by atoms with Gasteiger partial charge in [-0.15, -0.1) is 0 Å². The highest BCUT2D eigenvalue weighted by Gasteiger charge is 2.17. The lowest BCUT2D eigenvalue weighted by Gasteiger charge is -2.13. The van der Waals surface area contributed by atoms with Crippen molar-refractivity contribution in [2.75, 3.05) is 5.32 Å². The third-order valence-electron chi connectivity index (χ3n) is 6.22. The van der Waals surface area contributed by atoms with E-state index in [-0.39, 0.29) is 16.8 Å². The molecule has 0 saturated carbocycles. The van der Waals surface area contributed by atoms with E-state index in [1.165, 1.54) is 0 Å². The fraction of sp³-hybridized carbons (Fsp3) is 0.129. The van der Waals surface area contributed by atoms with E-state index < -0.39 is 0 Å². The zero-order valence-electron chi connectivity index (χ0n) is 21.5. The average molecular weight is 538 g/mol. The van der Waals surface area contributed by atoms with Crippen LogP contribution in [-0.2, 0) is 13.0 Å². The first-order valence-corrected chi connectivity index (χ1v) is 12.9. The number of aromatic nitrogens is 1. The molecule has 4 aromatic carbocycles. The van der Waals surface area contributed by atoms with Gasteiger partial charge in [0.1, 0.15) is 23.6 Å². The van der Waals surface area contributed by atoms with Crippen LogP contribution in [0.4, 0.5) is 5.69 Å². The first-order chi connectivity index (χ1) is 18.9. The molecule has 1 aromatic heterocycles. The van der Waals surface area contributed by atoms with Crippen molar-refractivity contribution in [3.63, 3.8) is 0 Å². The maximum Gasteiger partial charge on any atom is 0.257 e. The summed E-state index contributed by atoms with van der Waals surface area (Å²) in [5.74, 6) is 0.558. The highest BCUT2D eigenvalue weighted by molar-refractivity contribution is 7.80. The van der Waals surface area contributed by atoms with Crippen LogP contribution < -0.4 is 15.4 Å². The molecule has 3 N–H and O–H groups in total. The Morgan fingerprint density at radius 2 is 1.82 bits per heavy atom. The SMILES string of the molecule is CCc1ccc2oc(-c3cc(NC(=S)NC(=O)c4cccc(OCc5ccccc5)c4)cc(C)c3O)nc2c1. The Labute approximate surface area is 231 Å². The molecule has 196 valence electrons. The van der Waals surface area contributed by atoms with Gasteiger partial charge in [-0.1, -0.05) is 49.4 Å². The number of hydrogen-bond acceptors (Lipinski definition) is 6. The number of anilines is 1. The topological polar surface area (TPSA) is 96.6 Å². The first kappa shape index (κ1) is 25.9. The number of amides is 1.